The SMILES string of the molecule is N[C@H]1CC[C@@H]2NCCC[C@H]2C1. The van der Waals surface area contributed by atoms with Crippen LogP contribution in [0.3, 0.4) is 0 Å². The van der Waals surface area contributed by atoms with Gasteiger partial charge < -0.3 is 11.1 Å². The minimum atomic E-state index is 0.496. The third kappa shape index (κ3) is 1.57. The number of nitrogens with one attached hydrogen (secondary N) is 1. The van der Waals surface area contributed by atoms with Crippen molar-refractivity contribution in [2.45, 2.75) is 44.2 Å². The summed E-state index contributed by atoms with van der Waals surface area (Å²) in [5.74, 6) is 0.896. The quantitative estimate of drug-likeness (QED) is 0.543. The molecule has 1 saturated heterocycles. The highest BCUT2D eigenvalue weighted by atomic mass is 14.9. The lowest BCUT2D eigenvalue weighted by Crippen LogP contribution is -2.47. The normalized spacial score (nSPS) is 45.0. The standard InChI is InChI=1S/C9H18N2/c10-8-3-4-9-7(6-8)2-1-5-11-9/h7-9,11H,1-6,10H2/t7-,8-,9-/m0/s1. The summed E-state index contributed by atoms with van der Waals surface area (Å²) in [6.07, 6.45) is 6.57. The van der Waals surface area contributed by atoms with Gasteiger partial charge in [-0.25, -0.2) is 0 Å². The Morgan fingerprint density at radius 3 is 3.00 bits per heavy atom. The van der Waals surface area contributed by atoms with Crippen molar-refractivity contribution in [2.24, 2.45) is 11.7 Å². The van der Waals surface area contributed by atoms with Gasteiger partial charge in [0.15, 0.2) is 0 Å². The van der Waals surface area contributed by atoms with Crippen molar-refractivity contribution in [2.75, 3.05) is 6.54 Å². The van der Waals surface area contributed by atoms with Crippen LogP contribution in [-0.4, -0.2) is 18.6 Å². The molecular formula is C9H18N2. The Hall–Kier alpha value is -0.0800. The van der Waals surface area contributed by atoms with Crippen LogP contribution in [0.2, 0.25) is 0 Å². The van der Waals surface area contributed by atoms with Crippen molar-refractivity contribution in [3.05, 3.63) is 0 Å². The predicted octanol–water partition coefficient (Wildman–Crippen LogP) is 0.866. The second kappa shape index (κ2) is 3.11. The molecule has 3 atom stereocenters. The molecule has 0 amide bonds. The van der Waals surface area contributed by atoms with E-state index in [4.69, 9.17) is 5.73 Å². The first-order valence-corrected chi connectivity index (χ1v) is 4.85. The van der Waals surface area contributed by atoms with Crippen molar-refractivity contribution in [3.63, 3.8) is 0 Å². The second-order valence-electron chi connectivity index (χ2n) is 4.04. The van der Waals surface area contributed by atoms with Crippen molar-refractivity contribution < 1.29 is 0 Å². The minimum Gasteiger partial charge on any atom is -0.328 e. The maximum Gasteiger partial charge on any atom is 0.00964 e. The van der Waals surface area contributed by atoms with Gasteiger partial charge in [0.25, 0.3) is 0 Å². The fourth-order valence-corrected chi connectivity index (χ4v) is 2.54. The van der Waals surface area contributed by atoms with Crippen LogP contribution in [-0.2, 0) is 0 Å². The highest BCUT2D eigenvalue weighted by molar-refractivity contribution is 4.88. The molecule has 0 unspecified atom stereocenters. The number of hydrogen-bond donors (Lipinski definition) is 2. The topological polar surface area (TPSA) is 38.0 Å². The van der Waals surface area contributed by atoms with Crippen LogP contribution in [0.15, 0.2) is 0 Å². The van der Waals surface area contributed by atoms with E-state index in [0.29, 0.717) is 6.04 Å². The van der Waals surface area contributed by atoms with Crippen molar-refractivity contribution in [1.29, 1.82) is 0 Å². The molecule has 2 heteroatoms. The van der Waals surface area contributed by atoms with Crippen LogP contribution < -0.4 is 11.1 Å². The van der Waals surface area contributed by atoms with Gasteiger partial charge in [-0.2, -0.15) is 0 Å². The second-order valence-corrected chi connectivity index (χ2v) is 4.04. The van der Waals surface area contributed by atoms with E-state index < -0.39 is 0 Å². The smallest absolute Gasteiger partial charge is 0.00964 e. The van der Waals surface area contributed by atoms with Crippen LogP contribution in [0.5, 0.6) is 0 Å². The lowest BCUT2D eigenvalue weighted by molar-refractivity contribution is 0.195. The van der Waals surface area contributed by atoms with E-state index in [1.54, 1.807) is 0 Å². The van der Waals surface area contributed by atoms with Crippen LogP contribution in [0.4, 0.5) is 0 Å². The molecule has 1 aliphatic carbocycles. The highest BCUT2D eigenvalue weighted by Crippen LogP contribution is 2.29. The zero-order valence-corrected chi connectivity index (χ0v) is 7.05. The fourth-order valence-electron chi connectivity index (χ4n) is 2.54. The molecule has 0 aromatic heterocycles. The third-order valence-electron chi connectivity index (χ3n) is 3.18. The van der Waals surface area contributed by atoms with Crippen molar-refractivity contribution in [3.8, 4) is 0 Å². The van der Waals surface area contributed by atoms with Gasteiger partial charge in [-0.15, -0.1) is 0 Å². The monoisotopic (exact) mass is 154 g/mol. The zero-order chi connectivity index (χ0) is 7.68. The first-order valence-electron chi connectivity index (χ1n) is 4.85. The van der Waals surface area contributed by atoms with Crippen molar-refractivity contribution in [1.82, 2.24) is 5.32 Å². The Morgan fingerprint density at radius 1 is 1.18 bits per heavy atom. The van der Waals surface area contributed by atoms with Crippen LogP contribution in [0.25, 0.3) is 0 Å². The molecular weight excluding hydrogens is 136 g/mol. The average Bonchev–Trinajstić information content (AvgIpc) is 2.04. The lowest BCUT2D eigenvalue weighted by Gasteiger charge is -2.38. The third-order valence-corrected chi connectivity index (χ3v) is 3.18. The predicted molar refractivity (Wildman–Crippen MR) is 46.3 cm³/mol. The highest BCUT2D eigenvalue weighted by Gasteiger charge is 2.30. The Bertz CT molecular complexity index is 136. The maximum absolute atomic E-state index is 5.91. The molecule has 1 saturated carbocycles. The van der Waals surface area contributed by atoms with E-state index in [9.17, 15) is 0 Å². The Labute approximate surface area is 68.5 Å². The Morgan fingerprint density at radius 2 is 2.09 bits per heavy atom. The first-order chi connectivity index (χ1) is 5.36. The molecule has 2 fully saturated rings. The summed E-state index contributed by atoms with van der Waals surface area (Å²) in [5, 5.41) is 3.59. The van der Waals surface area contributed by atoms with Gasteiger partial charge in [0.05, 0.1) is 0 Å². The van der Waals surface area contributed by atoms with E-state index in [-0.39, 0.29) is 0 Å². The Kier molecular flexibility index (Phi) is 2.14. The van der Waals surface area contributed by atoms with E-state index in [1.165, 1.54) is 38.6 Å². The number of fused-ring (bicyclic) bond motifs is 1. The van der Waals surface area contributed by atoms with Gasteiger partial charge in [-0.05, 0) is 44.6 Å². The summed E-state index contributed by atoms with van der Waals surface area (Å²) < 4.78 is 0. The molecule has 2 nitrogen and oxygen atoms in total. The summed E-state index contributed by atoms with van der Waals surface area (Å²) >= 11 is 0. The van der Waals surface area contributed by atoms with Gasteiger partial charge in [0.2, 0.25) is 0 Å². The van der Waals surface area contributed by atoms with Gasteiger partial charge in [0.1, 0.15) is 0 Å². The summed E-state index contributed by atoms with van der Waals surface area (Å²) in [4.78, 5) is 0. The summed E-state index contributed by atoms with van der Waals surface area (Å²) in [5.41, 5.74) is 5.91. The largest absolute Gasteiger partial charge is 0.328 e. The van der Waals surface area contributed by atoms with E-state index >= 15 is 0 Å². The first kappa shape index (κ1) is 7.56. The molecule has 1 aliphatic heterocycles. The van der Waals surface area contributed by atoms with Gasteiger partial charge in [-0.1, -0.05) is 0 Å². The van der Waals surface area contributed by atoms with Crippen LogP contribution >= 0.6 is 0 Å². The lowest BCUT2D eigenvalue weighted by atomic mass is 9.77. The Balaban J connectivity index is 1.93. The molecule has 2 rings (SSSR count). The summed E-state index contributed by atoms with van der Waals surface area (Å²) in [6, 6.07) is 1.31. The van der Waals surface area contributed by atoms with Crippen molar-refractivity contribution >= 4 is 0 Å². The summed E-state index contributed by atoms with van der Waals surface area (Å²) in [6.45, 7) is 1.23. The molecule has 2 aliphatic rings. The van der Waals surface area contributed by atoms with Gasteiger partial charge in [-0.3, -0.25) is 0 Å². The van der Waals surface area contributed by atoms with E-state index in [0.717, 1.165) is 12.0 Å². The minimum absolute atomic E-state index is 0.496. The van der Waals surface area contributed by atoms with Gasteiger partial charge >= 0.3 is 0 Å². The molecule has 11 heavy (non-hydrogen) atoms. The number of hydrogen-bond acceptors (Lipinski definition) is 2. The van der Waals surface area contributed by atoms with Crippen LogP contribution in [0, 0.1) is 5.92 Å². The van der Waals surface area contributed by atoms with E-state index in [1.807, 2.05) is 0 Å². The average molecular weight is 154 g/mol. The summed E-state index contributed by atoms with van der Waals surface area (Å²) in [7, 11) is 0. The molecule has 0 bridgehead atoms. The van der Waals surface area contributed by atoms with E-state index in [2.05, 4.69) is 5.32 Å². The zero-order valence-electron chi connectivity index (χ0n) is 7.05. The number of piperidine rings is 1. The van der Waals surface area contributed by atoms with Crippen LogP contribution in [0.1, 0.15) is 32.1 Å². The number of rotatable bonds is 0. The maximum atomic E-state index is 5.91. The molecule has 0 radical (unpaired) electrons. The molecule has 0 aromatic carbocycles. The molecule has 64 valence electrons. The molecule has 0 spiro atoms. The molecule has 1 heterocycles. The molecule has 3 N–H and O–H groups in total. The van der Waals surface area contributed by atoms with Gasteiger partial charge in [0, 0.05) is 12.1 Å². The molecule has 0 aromatic rings. The fraction of sp³-hybridized carbons (Fsp3) is 1.00. The number of nitrogens with two attached hydrogens (primary N) is 1.